The fourth-order valence-corrected chi connectivity index (χ4v) is 3.85. The standard InChI is InChI=1S/C21H21ClN2O3S/c1-4-13(2)14-5-8-16(9-6-14)24-20(26)17-11-15(22)7-10-18(17)23-21(24)28-12-19(25)27-3/h5-11,13H,4,12H2,1-3H3. The summed E-state index contributed by atoms with van der Waals surface area (Å²) in [5.41, 5.74) is 2.21. The first-order chi connectivity index (χ1) is 13.4. The molecular formula is C21H21ClN2O3S. The highest BCUT2D eigenvalue weighted by atomic mass is 35.5. The van der Waals surface area contributed by atoms with Crippen LogP contribution in [0.2, 0.25) is 5.02 Å². The second-order valence-corrected chi connectivity index (χ2v) is 7.84. The molecule has 3 aromatic rings. The number of hydrogen-bond acceptors (Lipinski definition) is 5. The molecular weight excluding hydrogens is 396 g/mol. The maximum Gasteiger partial charge on any atom is 0.316 e. The Labute approximate surface area is 172 Å². The molecule has 146 valence electrons. The maximum atomic E-state index is 13.2. The SMILES string of the molecule is CCC(C)c1ccc(-n2c(SCC(=O)OC)nc3ccc(Cl)cc3c2=O)cc1. The van der Waals surface area contributed by atoms with Gasteiger partial charge in [0.1, 0.15) is 0 Å². The van der Waals surface area contributed by atoms with Gasteiger partial charge in [-0.05, 0) is 48.2 Å². The molecule has 0 fully saturated rings. The summed E-state index contributed by atoms with van der Waals surface area (Å²) in [6.07, 6.45) is 1.04. The molecule has 7 heteroatoms. The summed E-state index contributed by atoms with van der Waals surface area (Å²) in [7, 11) is 1.33. The summed E-state index contributed by atoms with van der Waals surface area (Å²) in [4.78, 5) is 29.4. The van der Waals surface area contributed by atoms with E-state index in [4.69, 9.17) is 16.3 Å². The maximum absolute atomic E-state index is 13.2. The number of carbonyl (C=O) groups excluding carboxylic acids is 1. The molecule has 1 unspecified atom stereocenters. The second kappa shape index (κ2) is 8.80. The van der Waals surface area contributed by atoms with Gasteiger partial charge in [-0.3, -0.25) is 14.2 Å². The third kappa shape index (κ3) is 4.23. The topological polar surface area (TPSA) is 61.2 Å². The second-order valence-electron chi connectivity index (χ2n) is 6.46. The van der Waals surface area contributed by atoms with E-state index in [1.165, 1.54) is 29.0 Å². The lowest BCUT2D eigenvalue weighted by molar-refractivity contribution is -0.137. The average molecular weight is 417 g/mol. The lowest BCUT2D eigenvalue weighted by Crippen LogP contribution is -2.22. The van der Waals surface area contributed by atoms with E-state index >= 15 is 0 Å². The highest BCUT2D eigenvalue weighted by molar-refractivity contribution is 7.99. The molecule has 0 bridgehead atoms. The van der Waals surface area contributed by atoms with E-state index in [0.29, 0.717) is 32.7 Å². The van der Waals surface area contributed by atoms with E-state index in [1.54, 1.807) is 18.2 Å². The van der Waals surface area contributed by atoms with Crippen LogP contribution in [-0.2, 0) is 9.53 Å². The van der Waals surface area contributed by atoms with Crippen LogP contribution in [0.25, 0.3) is 16.6 Å². The first-order valence-corrected chi connectivity index (χ1v) is 10.3. The first kappa shape index (κ1) is 20.4. The average Bonchev–Trinajstić information content (AvgIpc) is 2.72. The molecule has 1 heterocycles. The molecule has 0 aliphatic carbocycles. The van der Waals surface area contributed by atoms with Crippen LogP contribution in [0.1, 0.15) is 31.7 Å². The van der Waals surface area contributed by atoms with Gasteiger partial charge in [0.05, 0.1) is 29.5 Å². The Morgan fingerprint density at radius 2 is 1.96 bits per heavy atom. The van der Waals surface area contributed by atoms with Crippen molar-refractivity contribution in [3.8, 4) is 5.69 Å². The molecule has 0 amide bonds. The zero-order valence-electron chi connectivity index (χ0n) is 15.9. The van der Waals surface area contributed by atoms with Crippen molar-refractivity contribution in [1.82, 2.24) is 9.55 Å². The Hall–Kier alpha value is -2.31. The van der Waals surface area contributed by atoms with E-state index in [1.807, 2.05) is 24.3 Å². The molecule has 28 heavy (non-hydrogen) atoms. The lowest BCUT2D eigenvalue weighted by Gasteiger charge is -2.15. The number of rotatable bonds is 6. The molecule has 0 spiro atoms. The van der Waals surface area contributed by atoms with Crippen molar-refractivity contribution in [1.29, 1.82) is 0 Å². The zero-order chi connectivity index (χ0) is 20.3. The van der Waals surface area contributed by atoms with E-state index in [9.17, 15) is 9.59 Å². The van der Waals surface area contributed by atoms with Crippen LogP contribution in [0.5, 0.6) is 0 Å². The molecule has 0 N–H and O–H groups in total. The number of ether oxygens (including phenoxy) is 1. The van der Waals surface area contributed by atoms with Crippen molar-refractivity contribution in [3.63, 3.8) is 0 Å². The van der Waals surface area contributed by atoms with Crippen LogP contribution in [-0.4, -0.2) is 28.4 Å². The number of halogens is 1. The summed E-state index contributed by atoms with van der Waals surface area (Å²) in [5.74, 6) is 0.120. The molecule has 0 aliphatic heterocycles. The Balaban J connectivity index is 2.15. The largest absolute Gasteiger partial charge is 0.468 e. The van der Waals surface area contributed by atoms with Crippen molar-refractivity contribution in [2.45, 2.75) is 31.3 Å². The van der Waals surface area contributed by atoms with Gasteiger partial charge in [-0.15, -0.1) is 0 Å². The molecule has 2 aromatic carbocycles. The lowest BCUT2D eigenvalue weighted by atomic mass is 9.98. The fourth-order valence-electron chi connectivity index (χ4n) is 2.83. The van der Waals surface area contributed by atoms with Gasteiger partial charge in [-0.25, -0.2) is 4.98 Å². The minimum absolute atomic E-state index is 0.0625. The zero-order valence-corrected chi connectivity index (χ0v) is 17.5. The molecule has 0 saturated carbocycles. The Morgan fingerprint density at radius 1 is 1.25 bits per heavy atom. The number of thioether (sulfide) groups is 1. The predicted octanol–water partition coefficient (Wildman–Crippen LogP) is 4.82. The monoisotopic (exact) mass is 416 g/mol. The third-order valence-electron chi connectivity index (χ3n) is 4.68. The Morgan fingerprint density at radius 3 is 2.61 bits per heavy atom. The quantitative estimate of drug-likeness (QED) is 0.327. The summed E-state index contributed by atoms with van der Waals surface area (Å²) in [6, 6.07) is 12.9. The minimum atomic E-state index is -0.380. The number of carbonyl (C=O) groups is 1. The van der Waals surface area contributed by atoms with Crippen molar-refractivity contribution in [3.05, 3.63) is 63.4 Å². The first-order valence-electron chi connectivity index (χ1n) is 8.96. The van der Waals surface area contributed by atoms with Crippen molar-refractivity contribution in [2.75, 3.05) is 12.9 Å². The number of nitrogens with zero attached hydrogens (tertiary/aromatic N) is 2. The van der Waals surface area contributed by atoms with Crippen LogP contribution in [0.15, 0.2) is 52.4 Å². The summed E-state index contributed by atoms with van der Waals surface area (Å²) < 4.78 is 6.23. The smallest absolute Gasteiger partial charge is 0.316 e. The number of methoxy groups -OCH3 is 1. The van der Waals surface area contributed by atoms with E-state index < -0.39 is 0 Å². The molecule has 3 rings (SSSR count). The van der Waals surface area contributed by atoms with E-state index in [2.05, 4.69) is 18.8 Å². The predicted molar refractivity (Wildman–Crippen MR) is 114 cm³/mol. The van der Waals surface area contributed by atoms with Gasteiger partial charge in [-0.1, -0.05) is 49.3 Å². The van der Waals surface area contributed by atoms with Gasteiger partial charge >= 0.3 is 5.97 Å². The number of fused-ring (bicyclic) bond motifs is 1. The van der Waals surface area contributed by atoms with Crippen LogP contribution in [0, 0.1) is 0 Å². The number of aromatic nitrogens is 2. The van der Waals surface area contributed by atoms with Crippen molar-refractivity contribution >= 4 is 40.2 Å². The van der Waals surface area contributed by atoms with Gasteiger partial charge in [0.15, 0.2) is 5.16 Å². The Kier molecular flexibility index (Phi) is 6.42. The third-order valence-corrected chi connectivity index (χ3v) is 5.83. The van der Waals surface area contributed by atoms with Gasteiger partial charge in [-0.2, -0.15) is 0 Å². The molecule has 0 aliphatic rings. The van der Waals surface area contributed by atoms with Gasteiger partial charge < -0.3 is 4.74 Å². The van der Waals surface area contributed by atoms with E-state index in [-0.39, 0.29) is 17.3 Å². The van der Waals surface area contributed by atoms with Crippen molar-refractivity contribution in [2.24, 2.45) is 0 Å². The highest BCUT2D eigenvalue weighted by Crippen LogP contribution is 2.25. The molecule has 0 saturated heterocycles. The Bertz CT molecular complexity index is 1060. The number of esters is 1. The van der Waals surface area contributed by atoms with Crippen molar-refractivity contribution < 1.29 is 9.53 Å². The van der Waals surface area contributed by atoms with Gasteiger partial charge in [0.25, 0.3) is 5.56 Å². The van der Waals surface area contributed by atoms with Crippen LogP contribution in [0.4, 0.5) is 0 Å². The molecule has 1 atom stereocenters. The summed E-state index contributed by atoms with van der Waals surface area (Å²) in [6.45, 7) is 4.31. The molecule has 0 radical (unpaired) electrons. The van der Waals surface area contributed by atoms with Gasteiger partial charge in [0, 0.05) is 5.02 Å². The summed E-state index contributed by atoms with van der Waals surface area (Å²) >= 11 is 7.25. The highest BCUT2D eigenvalue weighted by Gasteiger charge is 2.16. The van der Waals surface area contributed by atoms with Crippen LogP contribution < -0.4 is 5.56 Å². The van der Waals surface area contributed by atoms with Crippen LogP contribution >= 0.6 is 23.4 Å². The summed E-state index contributed by atoms with van der Waals surface area (Å²) in [5, 5.41) is 1.34. The van der Waals surface area contributed by atoms with Gasteiger partial charge in [0.2, 0.25) is 0 Å². The fraction of sp³-hybridized carbons (Fsp3) is 0.286. The number of hydrogen-bond donors (Lipinski definition) is 0. The minimum Gasteiger partial charge on any atom is -0.468 e. The normalized spacial score (nSPS) is 12.1. The van der Waals surface area contributed by atoms with E-state index in [0.717, 1.165) is 6.42 Å². The van der Waals surface area contributed by atoms with Crippen LogP contribution in [0.3, 0.4) is 0 Å². The molecule has 5 nitrogen and oxygen atoms in total. The molecule has 1 aromatic heterocycles. The number of benzene rings is 2.